The van der Waals surface area contributed by atoms with Gasteiger partial charge in [-0.2, -0.15) is 0 Å². The largest absolute Gasteiger partial charge is 0.496 e. The molecule has 0 N–H and O–H groups in total. The van der Waals surface area contributed by atoms with Gasteiger partial charge in [0, 0.05) is 11.8 Å². The van der Waals surface area contributed by atoms with E-state index < -0.39 is 0 Å². The van der Waals surface area contributed by atoms with E-state index in [0.717, 1.165) is 30.4 Å². The first kappa shape index (κ1) is 13.4. The molecule has 23 heavy (non-hydrogen) atoms. The van der Waals surface area contributed by atoms with Gasteiger partial charge in [-0.05, 0) is 65.8 Å². The zero-order chi connectivity index (χ0) is 15.6. The van der Waals surface area contributed by atoms with Crippen LogP contribution >= 0.6 is 0 Å². The molecule has 3 atom stereocenters. The Hall–Kier alpha value is -2.09. The van der Waals surface area contributed by atoms with Crippen molar-refractivity contribution in [1.82, 2.24) is 0 Å². The Morgan fingerprint density at radius 3 is 2.83 bits per heavy atom. The van der Waals surface area contributed by atoms with Crippen LogP contribution in [0.3, 0.4) is 0 Å². The molecule has 0 aromatic heterocycles. The van der Waals surface area contributed by atoms with Gasteiger partial charge in [-0.25, -0.2) is 0 Å². The fourth-order valence-electron chi connectivity index (χ4n) is 5.25. The molecular formula is C21H20O2. The van der Waals surface area contributed by atoms with Gasteiger partial charge in [0.1, 0.15) is 11.5 Å². The number of ketones is 1. The number of Topliss-reactive ketones (excluding diaryl/α,β-unsaturated/α-hetero) is 1. The highest BCUT2D eigenvalue weighted by atomic mass is 16.5. The fraction of sp³-hybridized carbons (Fsp3) is 0.381. The minimum Gasteiger partial charge on any atom is -0.496 e. The lowest BCUT2D eigenvalue weighted by molar-refractivity contribution is -0.126. The number of hydrogen-bond acceptors (Lipinski definition) is 2. The van der Waals surface area contributed by atoms with Gasteiger partial charge in [-0.3, -0.25) is 4.79 Å². The first-order valence-corrected chi connectivity index (χ1v) is 8.54. The van der Waals surface area contributed by atoms with E-state index in [-0.39, 0.29) is 5.41 Å². The number of aryl methyl sites for hydroxylation is 1. The molecular weight excluding hydrogens is 284 g/mol. The summed E-state index contributed by atoms with van der Waals surface area (Å²) in [5.74, 6) is 2.38. The predicted octanol–water partition coefficient (Wildman–Crippen LogP) is 4.20. The molecule has 3 aliphatic carbocycles. The molecule has 1 spiro atoms. The second-order valence-corrected chi connectivity index (χ2v) is 7.28. The third-order valence-electron chi connectivity index (χ3n) is 6.27. The Bertz CT molecular complexity index is 864. The highest BCUT2D eigenvalue weighted by molar-refractivity contribution is 5.97. The number of fused-ring (bicyclic) bond motifs is 6. The summed E-state index contributed by atoms with van der Waals surface area (Å²) in [7, 11) is 1.72. The summed E-state index contributed by atoms with van der Waals surface area (Å²) in [5, 5.41) is 2.35. The zero-order valence-corrected chi connectivity index (χ0v) is 13.3. The van der Waals surface area contributed by atoms with Gasteiger partial charge < -0.3 is 4.74 Å². The smallest absolute Gasteiger partial charge is 0.144 e. The molecule has 3 unspecified atom stereocenters. The van der Waals surface area contributed by atoms with Crippen molar-refractivity contribution < 1.29 is 9.53 Å². The Labute approximate surface area is 136 Å². The molecule has 1 fully saturated rings. The van der Waals surface area contributed by atoms with Crippen LogP contribution < -0.4 is 4.74 Å². The number of carbonyl (C=O) groups excluding carboxylic acids is 1. The molecule has 2 heteroatoms. The van der Waals surface area contributed by atoms with E-state index in [1.807, 2.05) is 12.1 Å². The van der Waals surface area contributed by atoms with Crippen molar-refractivity contribution in [3.05, 3.63) is 53.6 Å². The lowest BCUT2D eigenvalue weighted by atomic mass is 9.62. The van der Waals surface area contributed by atoms with Crippen LogP contribution in [-0.2, 0) is 16.6 Å². The number of ether oxygens (including phenoxy) is 1. The maximum absolute atomic E-state index is 13.0. The Kier molecular flexibility index (Phi) is 2.60. The van der Waals surface area contributed by atoms with Gasteiger partial charge in [0.2, 0.25) is 0 Å². The SMILES string of the molecule is COc1cccc2cc3c(cc12)CCC(=O)C31CC2C=CC1C2. The lowest BCUT2D eigenvalue weighted by Crippen LogP contribution is -2.43. The van der Waals surface area contributed by atoms with Crippen LogP contribution in [0.1, 0.15) is 30.4 Å². The molecule has 2 bridgehead atoms. The van der Waals surface area contributed by atoms with E-state index in [9.17, 15) is 4.79 Å². The number of hydrogen-bond donors (Lipinski definition) is 0. The third kappa shape index (κ3) is 1.61. The number of rotatable bonds is 1. The summed E-state index contributed by atoms with van der Waals surface area (Å²) in [5.41, 5.74) is 2.40. The highest BCUT2D eigenvalue weighted by Gasteiger charge is 2.55. The quantitative estimate of drug-likeness (QED) is 0.738. The molecule has 0 aliphatic heterocycles. The van der Waals surface area contributed by atoms with E-state index in [1.54, 1.807) is 7.11 Å². The monoisotopic (exact) mass is 304 g/mol. The van der Waals surface area contributed by atoms with Crippen LogP contribution in [-0.4, -0.2) is 12.9 Å². The second kappa shape index (κ2) is 4.47. The molecule has 2 aromatic rings. The van der Waals surface area contributed by atoms with Gasteiger partial charge in [0.05, 0.1) is 12.5 Å². The third-order valence-corrected chi connectivity index (χ3v) is 6.27. The van der Waals surface area contributed by atoms with Crippen molar-refractivity contribution in [2.24, 2.45) is 11.8 Å². The molecule has 3 aliphatic rings. The highest BCUT2D eigenvalue weighted by Crippen LogP contribution is 2.57. The molecule has 5 rings (SSSR count). The van der Waals surface area contributed by atoms with Gasteiger partial charge in [0.15, 0.2) is 0 Å². The van der Waals surface area contributed by atoms with Crippen LogP contribution in [0, 0.1) is 11.8 Å². The van der Waals surface area contributed by atoms with E-state index in [0.29, 0.717) is 24.0 Å². The maximum Gasteiger partial charge on any atom is 0.144 e. The normalized spacial score (nSPS) is 31.1. The number of allylic oxidation sites excluding steroid dienone is 2. The Balaban J connectivity index is 1.79. The van der Waals surface area contributed by atoms with Crippen molar-refractivity contribution in [1.29, 1.82) is 0 Å². The van der Waals surface area contributed by atoms with Gasteiger partial charge in [-0.15, -0.1) is 0 Å². The molecule has 2 nitrogen and oxygen atoms in total. The van der Waals surface area contributed by atoms with Crippen molar-refractivity contribution in [3.8, 4) is 5.75 Å². The summed E-state index contributed by atoms with van der Waals surface area (Å²) < 4.78 is 5.53. The topological polar surface area (TPSA) is 26.3 Å². The van der Waals surface area contributed by atoms with Crippen LogP contribution in [0.25, 0.3) is 10.8 Å². The number of methoxy groups -OCH3 is 1. The molecule has 0 radical (unpaired) electrons. The van der Waals surface area contributed by atoms with Crippen LogP contribution in [0.4, 0.5) is 0 Å². The standard InChI is InChI=1S/C21H20O2/c1-23-19-4-2-3-14-11-18-15(10-17(14)19)6-8-20(22)21(18)12-13-5-7-16(21)9-13/h2-5,7,10-11,13,16H,6,8-9,12H2,1H3. The predicted molar refractivity (Wildman–Crippen MR) is 90.9 cm³/mol. The van der Waals surface area contributed by atoms with Crippen molar-refractivity contribution in [2.45, 2.75) is 31.1 Å². The molecule has 116 valence electrons. The van der Waals surface area contributed by atoms with Gasteiger partial charge >= 0.3 is 0 Å². The molecule has 0 heterocycles. The van der Waals surface area contributed by atoms with Crippen LogP contribution in [0.5, 0.6) is 5.75 Å². The summed E-state index contributed by atoms with van der Waals surface area (Å²) in [6.07, 6.45) is 8.34. The minimum atomic E-state index is -0.246. The average molecular weight is 304 g/mol. The first-order valence-electron chi connectivity index (χ1n) is 8.54. The van der Waals surface area contributed by atoms with Crippen molar-refractivity contribution >= 4 is 16.6 Å². The Morgan fingerprint density at radius 2 is 2.09 bits per heavy atom. The first-order chi connectivity index (χ1) is 11.2. The van der Waals surface area contributed by atoms with E-state index in [4.69, 9.17) is 4.74 Å². The maximum atomic E-state index is 13.0. The summed E-state index contributed by atoms with van der Waals surface area (Å²) in [4.78, 5) is 13.0. The number of carbonyl (C=O) groups is 1. The second-order valence-electron chi connectivity index (χ2n) is 7.28. The fourth-order valence-corrected chi connectivity index (χ4v) is 5.25. The van der Waals surface area contributed by atoms with Gasteiger partial charge in [-0.1, -0.05) is 24.3 Å². The lowest BCUT2D eigenvalue weighted by Gasteiger charge is -2.39. The summed E-state index contributed by atoms with van der Waals surface area (Å²) in [6, 6.07) is 10.7. The molecule has 2 aromatic carbocycles. The van der Waals surface area contributed by atoms with Crippen molar-refractivity contribution in [2.75, 3.05) is 7.11 Å². The zero-order valence-electron chi connectivity index (χ0n) is 13.3. The minimum absolute atomic E-state index is 0.246. The summed E-state index contributed by atoms with van der Waals surface area (Å²) in [6.45, 7) is 0. The number of benzene rings is 2. The van der Waals surface area contributed by atoms with Crippen LogP contribution in [0.2, 0.25) is 0 Å². The molecule has 1 saturated carbocycles. The molecule has 0 amide bonds. The van der Waals surface area contributed by atoms with E-state index in [1.165, 1.54) is 16.5 Å². The average Bonchev–Trinajstić information content (AvgIpc) is 3.18. The van der Waals surface area contributed by atoms with E-state index in [2.05, 4.69) is 30.4 Å². The Morgan fingerprint density at radius 1 is 1.17 bits per heavy atom. The molecule has 0 saturated heterocycles. The van der Waals surface area contributed by atoms with Crippen LogP contribution in [0.15, 0.2) is 42.5 Å². The summed E-state index contributed by atoms with van der Waals surface area (Å²) >= 11 is 0. The van der Waals surface area contributed by atoms with E-state index >= 15 is 0 Å². The van der Waals surface area contributed by atoms with Gasteiger partial charge in [0.25, 0.3) is 0 Å². The van der Waals surface area contributed by atoms with Crippen molar-refractivity contribution in [3.63, 3.8) is 0 Å².